The summed E-state index contributed by atoms with van der Waals surface area (Å²) in [6.07, 6.45) is -2.76. The van der Waals surface area contributed by atoms with Gasteiger partial charge in [0.1, 0.15) is 5.60 Å². The number of nitrogens with one attached hydrogen (secondary N) is 1. The van der Waals surface area contributed by atoms with Gasteiger partial charge in [-0.3, -0.25) is 4.79 Å². The Kier molecular flexibility index (Phi) is 4.40. The highest BCUT2D eigenvalue weighted by Gasteiger charge is 2.46. The lowest BCUT2D eigenvalue weighted by Gasteiger charge is -2.27. The smallest absolute Gasteiger partial charge is 0.382 e. The van der Waals surface area contributed by atoms with Gasteiger partial charge in [0.25, 0.3) is 5.91 Å². The summed E-state index contributed by atoms with van der Waals surface area (Å²) in [6.45, 7) is -0.0206. The van der Waals surface area contributed by atoms with Gasteiger partial charge in [-0.1, -0.05) is 12.1 Å². The molecule has 1 aliphatic rings. The van der Waals surface area contributed by atoms with Crippen molar-refractivity contribution >= 4 is 17.2 Å². The van der Waals surface area contributed by atoms with Gasteiger partial charge in [-0.15, -0.1) is 11.3 Å². The van der Waals surface area contributed by atoms with Crippen molar-refractivity contribution in [2.45, 2.75) is 24.6 Å². The van der Waals surface area contributed by atoms with E-state index in [2.05, 4.69) is 5.32 Å². The Hall–Kier alpha value is -1.86. The van der Waals surface area contributed by atoms with E-state index in [4.69, 9.17) is 0 Å². The molecule has 1 fully saturated rings. The van der Waals surface area contributed by atoms with E-state index < -0.39 is 23.2 Å². The Balaban J connectivity index is 1.73. The second kappa shape index (κ2) is 6.22. The number of benzene rings is 1. The van der Waals surface area contributed by atoms with E-state index in [9.17, 15) is 23.1 Å². The number of hydrogen-bond donors (Lipinski definition) is 2. The molecule has 3 rings (SSSR count). The molecule has 0 aliphatic heterocycles. The summed E-state index contributed by atoms with van der Waals surface area (Å²) < 4.78 is 38.2. The Morgan fingerprint density at radius 2 is 2.00 bits per heavy atom. The molecule has 1 unspecified atom stereocenters. The predicted molar refractivity (Wildman–Crippen MR) is 84.7 cm³/mol. The molecule has 1 heterocycles. The first kappa shape index (κ1) is 17.0. The van der Waals surface area contributed by atoms with Crippen LogP contribution in [0.4, 0.5) is 13.2 Å². The Bertz CT molecular complexity index is 726. The third kappa shape index (κ3) is 3.47. The zero-order valence-corrected chi connectivity index (χ0v) is 13.5. The first-order chi connectivity index (χ1) is 11.3. The number of carbonyl (C=O) groups is 1. The average molecular weight is 355 g/mol. The number of thiophene rings is 1. The van der Waals surface area contributed by atoms with Crippen molar-refractivity contribution in [2.75, 3.05) is 6.54 Å². The molecule has 0 radical (unpaired) electrons. The summed E-state index contributed by atoms with van der Waals surface area (Å²) in [5.74, 6) is -0.560. The van der Waals surface area contributed by atoms with Crippen molar-refractivity contribution in [2.24, 2.45) is 5.92 Å². The maximum atomic E-state index is 12.7. The van der Waals surface area contributed by atoms with Crippen LogP contribution in [0, 0.1) is 5.92 Å². The third-order valence-electron chi connectivity index (χ3n) is 4.17. The molecule has 24 heavy (non-hydrogen) atoms. The summed E-state index contributed by atoms with van der Waals surface area (Å²) in [4.78, 5) is 13.0. The standard InChI is InChI=1S/C17H16F3NO2S/c18-17(19,20)13-4-1-3-11(9-13)15(22)21-10-16(23,12-6-7-12)14-5-2-8-24-14/h1-5,8-9,12,23H,6-7,10H2,(H,21,22). The molecule has 1 aromatic heterocycles. The lowest BCUT2D eigenvalue weighted by atomic mass is 9.95. The fraction of sp³-hybridized carbons (Fsp3) is 0.353. The largest absolute Gasteiger partial charge is 0.416 e. The first-order valence-corrected chi connectivity index (χ1v) is 8.40. The summed E-state index contributed by atoms with van der Waals surface area (Å²) in [5, 5.41) is 15.3. The van der Waals surface area contributed by atoms with Gasteiger partial charge in [-0.2, -0.15) is 13.2 Å². The van der Waals surface area contributed by atoms with Crippen LogP contribution < -0.4 is 5.32 Å². The number of hydrogen-bond acceptors (Lipinski definition) is 3. The van der Waals surface area contributed by atoms with Crippen molar-refractivity contribution in [3.63, 3.8) is 0 Å². The third-order valence-corrected chi connectivity index (χ3v) is 5.21. The van der Waals surface area contributed by atoms with Gasteiger partial charge in [-0.05, 0) is 48.4 Å². The molecule has 0 saturated heterocycles. The van der Waals surface area contributed by atoms with E-state index in [-0.39, 0.29) is 18.0 Å². The number of amides is 1. The molecule has 1 amide bonds. The van der Waals surface area contributed by atoms with Gasteiger partial charge in [0.2, 0.25) is 0 Å². The second-order valence-corrected chi connectivity index (χ2v) is 6.88. The van der Waals surface area contributed by atoms with Crippen LogP contribution in [-0.4, -0.2) is 17.6 Å². The normalized spacial score (nSPS) is 17.3. The highest BCUT2D eigenvalue weighted by molar-refractivity contribution is 7.10. The van der Waals surface area contributed by atoms with Crippen LogP contribution in [0.2, 0.25) is 0 Å². The molecule has 2 aromatic rings. The number of rotatable bonds is 5. The Morgan fingerprint density at radius 3 is 2.58 bits per heavy atom. The van der Waals surface area contributed by atoms with Gasteiger partial charge in [-0.25, -0.2) is 0 Å². The van der Waals surface area contributed by atoms with Gasteiger partial charge in [0.15, 0.2) is 0 Å². The van der Waals surface area contributed by atoms with Crippen molar-refractivity contribution < 1.29 is 23.1 Å². The van der Waals surface area contributed by atoms with Gasteiger partial charge in [0, 0.05) is 10.4 Å². The molecule has 1 aliphatic carbocycles. The molecule has 1 atom stereocenters. The van der Waals surface area contributed by atoms with E-state index >= 15 is 0 Å². The predicted octanol–water partition coefficient (Wildman–Crippen LogP) is 3.79. The van der Waals surface area contributed by atoms with Crippen LogP contribution in [-0.2, 0) is 11.8 Å². The Morgan fingerprint density at radius 1 is 1.25 bits per heavy atom. The zero-order chi connectivity index (χ0) is 17.4. The minimum absolute atomic E-state index is 0.0206. The van der Waals surface area contributed by atoms with Crippen LogP contribution in [0.5, 0.6) is 0 Å². The molecular formula is C17H16F3NO2S. The minimum Gasteiger partial charge on any atom is -0.382 e. The van der Waals surface area contributed by atoms with Gasteiger partial charge < -0.3 is 10.4 Å². The van der Waals surface area contributed by atoms with Crippen LogP contribution >= 0.6 is 11.3 Å². The highest BCUT2D eigenvalue weighted by Crippen LogP contribution is 2.46. The van der Waals surface area contributed by atoms with Crippen LogP contribution in [0.15, 0.2) is 41.8 Å². The zero-order valence-electron chi connectivity index (χ0n) is 12.6. The van der Waals surface area contributed by atoms with E-state index in [0.717, 1.165) is 29.9 Å². The van der Waals surface area contributed by atoms with Gasteiger partial charge >= 0.3 is 6.18 Å². The van der Waals surface area contributed by atoms with E-state index in [1.165, 1.54) is 23.5 Å². The maximum absolute atomic E-state index is 12.7. The van der Waals surface area contributed by atoms with Crippen molar-refractivity contribution in [3.8, 4) is 0 Å². The lowest BCUT2D eigenvalue weighted by Crippen LogP contribution is -2.42. The molecule has 1 saturated carbocycles. The van der Waals surface area contributed by atoms with E-state index in [1.807, 2.05) is 11.4 Å². The quantitative estimate of drug-likeness (QED) is 0.857. The topological polar surface area (TPSA) is 49.3 Å². The Labute approximate surface area is 141 Å². The molecule has 3 nitrogen and oxygen atoms in total. The van der Waals surface area contributed by atoms with Crippen molar-refractivity contribution in [3.05, 3.63) is 57.8 Å². The van der Waals surface area contributed by atoms with Gasteiger partial charge in [0.05, 0.1) is 12.1 Å². The second-order valence-electron chi connectivity index (χ2n) is 5.94. The molecular weight excluding hydrogens is 339 g/mol. The first-order valence-electron chi connectivity index (χ1n) is 7.52. The maximum Gasteiger partial charge on any atom is 0.416 e. The van der Waals surface area contributed by atoms with E-state index in [1.54, 1.807) is 6.07 Å². The number of alkyl halides is 3. The fourth-order valence-corrected chi connectivity index (χ4v) is 3.58. The monoisotopic (exact) mass is 355 g/mol. The molecule has 128 valence electrons. The van der Waals surface area contributed by atoms with Crippen molar-refractivity contribution in [1.82, 2.24) is 5.32 Å². The summed E-state index contributed by atoms with van der Waals surface area (Å²) in [5.41, 5.74) is -2.11. The average Bonchev–Trinajstić information content (AvgIpc) is 3.26. The van der Waals surface area contributed by atoms with Crippen LogP contribution in [0.1, 0.15) is 33.6 Å². The molecule has 1 aromatic carbocycles. The fourth-order valence-electron chi connectivity index (χ4n) is 2.67. The van der Waals surface area contributed by atoms with Crippen LogP contribution in [0.25, 0.3) is 0 Å². The number of halogens is 3. The highest BCUT2D eigenvalue weighted by atomic mass is 32.1. The molecule has 0 spiro atoms. The summed E-state index contributed by atoms with van der Waals surface area (Å²) in [6, 6.07) is 7.89. The number of aliphatic hydroxyl groups is 1. The minimum atomic E-state index is -4.50. The molecule has 7 heteroatoms. The molecule has 2 N–H and O–H groups in total. The van der Waals surface area contributed by atoms with Crippen molar-refractivity contribution in [1.29, 1.82) is 0 Å². The molecule has 0 bridgehead atoms. The SMILES string of the molecule is O=C(NCC(O)(c1cccs1)C1CC1)c1cccc(C(F)(F)F)c1. The number of carbonyl (C=O) groups excluding carboxylic acids is 1. The van der Waals surface area contributed by atoms with E-state index in [0.29, 0.717) is 0 Å². The van der Waals surface area contributed by atoms with Crippen LogP contribution in [0.3, 0.4) is 0 Å². The summed E-state index contributed by atoms with van der Waals surface area (Å²) >= 11 is 1.40. The summed E-state index contributed by atoms with van der Waals surface area (Å²) in [7, 11) is 0. The lowest BCUT2D eigenvalue weighted by molar-refractivity contribution is -0.137.